The number of para-hydroxylation sites is 1. The second-order valence-electron chi connectivity index (χ2n) is 5.62. The molecule has 6 nitrogen and oxygen atoms in total. The molecule has 1 amide bonds. The van der Waals surface area contributed by atoms with Crippen LogP contribution >= 0.6 is 0 Å². The summed E-state index contributed by atoms with van der Waals surface area (Å²) in [5, 5.41) is 0.566. The van der Waals surface area contributed by atoms with Crippen LogP contribution in [0.2, 0.25) is 0 Å². The average Bonchev–Trinajstić information content (AvgIpc) is 2.62. The molecule has 0 aliphatic heterocycles. The molecule has 0 aliphatic carbocycles. The summed E-state index contributed by atoms with van der Waals surface area (Å²) in [6, 6.07) is 11.0. The van der Waals surface area contributed by atoms with Crippen molar-refractivity contribution in [3.63, 3.8) is 0 Å². The molecular weight excluding hydrogens is 304 g/mol. The van der Waals surface area contributed by atoms with Gasteiger partial charge in [-0.15, -0.1) is 0 Å². The lowest BCUT2D eigenvalue weighted by atomic mass is 10.2. The van der Waals surface area contributed by atoms with Gasteiger partial charge >= 0.3 is 0 Å². The van der Waals surface area contributed by atoms with Gasteiger partial charge in [0, 0.05) is 39.0 Å². The smallest absolute Gasteiger partial charge is 0.261 e. The van der Waals surface area contributed by atoms with Crippen LogP contribution in [0.3, 0.4) is 0 Å². The number of aryl methyl sites for hydroxylation is 1. The van der Waals surface area contributed by atoms with Crippen molar-refractivity contribution in [2.45, 2.75) is 19.5 Å². The normalized spacial score (nSPS) is 10.7. The van der Waals surface area contributed by atoms with Gasteiger partial charge in [-0.2, -0.15) is 0 Å². The first kappa shape index (κ1) is 15.9. The number of hydrogen-bond acceptors (Lipinski definition) is 4. The zero-order valence-electron chi connectivity index (χ0n) is 13.4. The van der Waals surface area contributed by atoms with E-state index in [1.165, 1.54) is 10.9 Å². The molecule has 0 spiro atoms. The molecule has 0 N–H and O–H groups in total. The lowest BCUT2D eigenvalue weighted by molar-refractivity contribution is -0.130. The van der Waals surface area contributed by atoms with E-state index in [1.54, 1.807) is 36.5 Å². The summed E-state index contributed by atoms with van der Waals surface area (Å²) >= 11 is 0. The van der Waals surface area contributed by atoms with Crippen LogP contribution in [0.15, 0.2) is 59.9 Å². The molecule has 3 rings (SSSR count). The molecule has 0 bridgehead atoms. The maximum atomic E-state index is 12.4. The van der Waals surface area contributed by atoms with Gasteiger partial charge in [0.05, 0.1) is 17.2 Å². The fourth-order valence-corrected chi connectivity index (χ4v) is 2.53. The molecule has 0 atom stereocenters. The topological polar surface area (TPSA) is 68.1 Å². The van der Waals surface area contributed by atoms with Crippen LogP contribution < -0.4 is 5.56 Å². The van der Waals surface area contributed by atoms with E-state index in [4.69, 9.17) is 0 Å². The van der Waals surface area contributed by atoms with E-state index in [-0.39, 0.29) is 17.9 Å². The molecule has 2 aromatic heterocycles. The van der Waals surface area contributed by atoms with E-state index in [0.29, 0.717) is 24.0 Å². The summed E-state index contributed by atoms with van der Waals surface area (Å²) in [5.74, 6) is -0.0288. The Morgan fingerprint density at radius 2 is 2.04 bits per heavy atom. The second kappa shape index (κ2) is 7.04. The van der Waals surface area contributed by atoms with Crippen molar-refractivity contribution in [3.8, 4) is 0 Å². The van der Waals surface area contributed by atoms with Crippen molar-refractivity contribution >= 4 is 16.8 Å². The molecule has 0 fully saturated rings. The summed E-state index contributed by atoms with van der Waals surface area (Å²) in [4.78, 5) is 34.6. The Hall–Kier alpha value is -3.02. The number of fused-ring (bicyclic) bond motifs is 1. The number of carbonyl (C=O) groups is 1. The number of nitrogens with zero attached hydrogens (tertiary/aromatic N) is 4. The molecule has 2 heterocycles. The third kappa shape index (κ3) is 3.48. The van der Waals surface area contributed by atoms with Gasteiger partial charge in [-0.1, -0.05) is 18.2 Å². The predicted molar refractivity (Wildman–Crippen MR) is 91.3 cm³/mol. The average molecular weight is 322 g/mol. The highest BCUT2D eigenvalue weighted by molar-refractivity contribution is 5.77. The fourth-order valence-electron chi connectivity index (χ4n) is 2.53. The highest BCUT2D eigenvalue weighted by Crippen LogP contribution is 2.06. The predicted octanol–water partition coefficient (Wildman–Crippen LogP) is 1.84. The minimum atomic E-state index is -0.122. The summed E-state index contributed by atoms with van der Waals surface area (Å²) in [6.45, 7) is 0.810. The lowest BCUT2D eigenvalue weighted by Crippen LogP contribution is -2.29. The summed E-state index contributed by atoms with van der Waals surface area (Å²) in [6.07, 6.45) is 5.18. The van der Waals surface area contributed by atoms with Crippen LogP contribution in [-0.4, -0.2) is 32.4 Å². The molecule has 1 aromatic carbocycles. The van der Waals surface area contributed by atoms with E-state index < -0.39 is 0 Å². The van der Waals surface area contributed by atoms with E-state index in [1.807, 2.05) is 24.3 Å². The third-order valence-electron chi connectivity index (χ3n) is 3.87. The fraction of sp³-hybridized carbons (Fsp3) is 0.222. The quantitative estimate of drug-likeness (QED) is 0.719. The number of aromatic nitrogens is 3. The molecule has 6 heteroatoms. The second-order valence-corrected chi connectivity index (χ2v) is 5.62. The minimum absolute atomic E-state index is 0.0288. The largest absolute Gasteiger partial charge is 0.341 e. The van der Waals surface area contributed by atoms with Crippen molar-refractivity contribution in [2.75, 3.05) is 7.05 Å². The molecule has 0 unspecified atom stereocenters. The van der Waals surface area contributed by atoms with Crippen LogP contribution in [0, 0.1) is 0 Å². The SMILES string of the molecule is CN(Cc1cccnc1)C(=O)CCn1cnc2ccccc2c1=O. The number of hydrogen-bond donors (Lipinski definition) is 0. The molecule has 0 saturated carbocycles. The van der Waals surface area contributed by atoms with Crippen molar-refractivity contribution in [3.05, 3.63) is 71.0 Å². The number of rotatable bonds is 5. The van der Waals surface area contributed by atoms with Crippen molar-refractivity contribution < 1.29 is 4.79 Å². The Labute approximate surface area is 139 Å². The highest BCUT2D eigenvalue weighted by atomic mass is 16.2. The maximum absolute atomic E-state index is 12.4. The summed E-state index contributed by atoms with van der Waals surface area (Å²) < 4.78 is 1.48. The monoisotopic (exact) mass is 322 g/mol. The van der Waals surface area contributed by atoms with Gasteiger partial charge in [-0.25, -0.2) is 4.98 Å². The van der Waals surface area contributed by atoms with Crippen LogP contribution in [-0.2, 0) is 17.9 Å². The van der Waals surface area contributed by atoms with Crippen LogP contribution in [0.5, 0.6) is 0 Å². The Balaban J connectivity index is 1.66. The maximum Gasteiger partial charge on any atom is 0.261 e. The number of carbonyl (C=O) groups excluding carboxylic acids is 1. The van der Waals surface area contributed by atoms with E-state index in [9.17, 15) is 9.59 Å². The van der Waals surface area contributed by atoms with Gasteiger partial charge in [0.2, 0.25) is 5.91 Å². The highest BCUT2D eigenvalue weighted by Gasteiger charge is 2.11. The first-order valence-corrected chi connectivity index (χ1v) is 7.72. The molecular formula is C18H18N4O2. The summed E-state index contributed by atoms with van der Waals surface area (Å²) in [5.41, 5.74) is 1.51. The van der Waals surface area contributed by atoms with Crippen LogP contribution in [0.1, 0.15) is 12.0 Å². The van der Waals surface area contributed by atoms with E-state index in [0.717, 1.165) is 5.56 Å². The third-order valence-corrected chi connectivity index (χ3v) is 3.87. The van der Waals surface area contributed by atoms with Crippen molar-refractivity contribution in [2.24, 2.45) is 0 Å². The molecule has 122 valence electrons. The Kier molecular flexibility index (Phi) is 4.65. The van der Waals surface area contributed by atoms with Crippen LogP contribution in [0.25, 0.3) is 10.9 Å². The van der Waals surface area contributed by atoms with E-state index >= 15 is 0 Å². The van der Waals surface area contributed by atoms with E-state index in [2.05, 4.69) is 9.97 Å². The van der Waals surface area contributed by atoms with Crippen molar-refractivity contribution in [1.82, 2.24) is 19.4 Å². The molecule has 0 aliphatic rings. The first-order chi connectivity index (χ1) is 11.6. The Bertz CT molecular complexity index is 906. The number of amides is 1. The van der Waals surface area contributed by atoms with Gasteiger partial charge in [-0.05, 0) is 23.8 Å². The number of pyridine rings is 1. The Morgan fingerprint density at radius 1 is 1.21 bits per heavy atom. The molecule has 0 radical (unpaired) electrons. The Morgan fingerprint density at radius 3 is 2.83 bits per heavy atom. The minimum Gasteiger partial charge on any atom is -0.341 e. The zero-order chi connectivity index (χ0) is 16.9. The van der Waals surface area contributed by atoms with Gasteiger partial charge in [0.25, 0.3) is 5.56 Å². The van der Waals surface area contributed by atoms with Gasteiger partial charge in [0.15, 0.2) is 0 Å². The molecule has 0 saturated heterocycles. The number of benzene rings is 1. The van der Waals surface area contributed by atoms with Gasteiger partial charge in [0.1, 0.15) is 0 Å². The first-order valence-electron chi connectivity index (χ1n) is 7.72. The zero-order valence-corrected chi connectivity index (χ0v) is 13.4. The summed E-state index contributed by atoms with van der Waals surface area (Å²) in [7, 11) is 1.75. The van der Waals surface area contributed by atoms with Crippen molar-refractivity contribution in [1.29, 1.82) is 0 Å². The van der Waals surface area contributed by atoms with Gasteiger partial charge < -0.3 is 4.90 Å². The van der Waals surface area contributed by atoms with Gasteiger partial charge in [-0.3, -0.25) is 19.1 Å². The van der Waals surface area contributed by atoms with Crippen LogP contribution in [0.4, 0.5) is 0 Å². The molecule has 3 aromatic rings. The standard InChI is InChI=1S/C18H18N4O2/c1-21(12-14-5-4-9-19-11-14)17(23)8-10-22-13-20-16-7-3-2-6-15(16)18(22)24/h2-7,9,11,13H,8,10,12H2,1H3. The lowest BCUT2D eigenvalue weighted by Gasteiger charge is -2.17. The molecule has 24 heavy (non-hydrogen) atoms.